The minimum absolute atomic E-state index is 0.933. The van der Waals surface area contributed by atoms with Crippen molar-refractivity contribution in [1.29, 1.82) is 0 Å². The fraction of sp³-hybridized carbons (Fsp3) is 0.111. The Kier molecular flexibility index (Phi) is 3.51. The van der Waals surface area contributed by atoms with Gasteiger partial charge in [0.25, 0.3) is 0 Å². The quantitative estimate of drug-likeness (QED) is 0.318. The summed E-state index contributed by atoms with van der Waals surface area (Å²) in [6.45, 7) is 0. The highest BCUT2D eigenvalue weighted by Gasteiger charge is 2.12. The fourth-order valence-corrected chi connectivity index (χ4v) is 4.56. The van der Waals surface area contributed by atoms with E-state index in [0.717, 1.165) is 21.9 Å². The van der Waals surface area contributed by atoms with Crippen molar-refractivity contribution in [2.75, 3.05) is 19.0 Å². The van der Waals surface area contributed by atoms with Gasteiger partial charge in [-0.25, -0.2) is 0 Å². The largest absolute Gasteiger partial charge is 0.456 e. The number of hydrogen-bond donors (Lipinski definition) is 0. The van der Waals surface area contributed by atoms with Crippen molar-refractivity contribution in [1.82, 2.24) is 4.57 Å². The van der Waals surface area contributed by atoms with Gasteiger partial charge in [0.1, 0.15) is 11.2 Å². The van der Waals surface area contributed by atoms with E-state index >= 15 is 0 Å². The van der Waals surface area contributed by atoms with E-state index in [1.807, 2.05) is 12.1 Å². The molecule has 0 saturated heterocycles. The molecule has 4 aromatic carbocycles. The second kappa shape index (κ2) is 6.14. The van der Waals surface area contributed by atoms with E-state index < -0.39 is 0 Å². The van der Waals surface area contributed by atoms with Gasteiger partial charge < -0.3 is 13.9 Å². The summed E-state index contributed by atoms with van der Waals surface area (Å²) in [4.78, 5) is 2.15. The minimum atomic E-state index is 0.933. The van der Waals surface area contributed by atoms with E-state index in [1.54, 1.807) is 0 Å². The van der Waals surface area contributed by atoms with Crippen molar-refractivity contribution < 1.29 is 4.42 Å². The monoisotopic (exact) mass is 390 g/mol. The molecule has 3 heteroatoms. The van der Waals surface area contributed by atoms with Crippen molar-refractivity contribution in [2.45, 2.75) is 0 Å². The number of rotatable bonds is 2. The first-order valence-electron chi connectivity index (χ1n) is 10.2. The van der Waals surface area contributed by atoms with Gasteiger partial charge in [0, 0.05) is 53.9 Å². The van der Waals surface area contributed by atoms with Crippen LogP contribution in [0.15, 0.2) is 83.3 Å². The van der Waals surface area contributed by atoms with Gasteiger partial charge in [0.15, 0.2) is 0 Å². The molecular weight excluding hydrogens is 368 g/mol. The number of aromatic nitrogens is 1. The summed E-state index contributed by atoms with van der Waals surface area (Å²) in [6, 6.07) is 28.2. The summed E-state index contributed by atoms with van der Waals surface area (Å²) in [6.07, 6.45) is 0. The molecule has 0 N–H and O–H groups in total. The van der Waals surface area contributed by atoms with Crippen LogP contribution < -0.4 is 4.90 Å². The average molecular weight is 390 g/mol. The lowest BCUT2D eigenvalue weighted by Gasteiger charge is -2.12. The zero-order valence-electron chi connectivity index (χ0n) is 17.3. The number of anilines is 1. The summed E-state index contributed by atoms with van der Waals surface area (Å²) in [5, 5.41) is 4.90. The number of furan rings is 1. The first-order valence-corrected chi connectivity index (χ1v) is 10.2. The number of para-hydroxylation sites is 1. The zero-order valence-corrected chi connectivity index (χ0v) is 17.3. The van der Waals surface area contributed by atoms with Crippen LogP contribution in [0, 0.1) is 0 Å². The molecule has 146 valence electrons. The molecule has 30 heavy (non-hydrogen) atoms. The summed E-state index contributed by atoms with van der Waals surface area (Å²) in [5.41, 5.74) is 8.01. The number of aryl methyl sites for hydroxylation is 1. The van der Waals surface area contributed by atoms with Crippen molar-refractivity contribution in [3.63, 3.8) is 0 Å². The summed E-state index contributed by atoms with van der Waals surface area (Å²) < 4.78 is 8.28. The van der Waals surface area contributed by atoms with Gasteiger partial charge in [-0.1, -0.05) is 36.4 Å². The Hall–Kier alpha value is -3.72. The maximum atomic E-state index is 6.00. The van der Waals surface area contributed by atoms with Crippen LogP contribution in [-0.2, 0) is 7.05 Å². The fourth-order valence-electron chi connectivity index (χ4n) is 4.56. The Morgan fingerprint density at radius 2 is 1.37 bits per heavy atom. The topological polar surface area (TPSA) is 21.3 Å². The van der Waals surface area contributed by atoms with Crippen molar-refractivity contribution in [3.05, 3.63) is 78.9 Å². The van der Waals surface area contributed by atoms with E-state index in [0.29, 0.717) is 0 Å². The lowest BCUT2D eigenvalue weighted by atomic mass is 10.0. The maximum absolute atomic E-state index is 6.00. The molecule has 0 aliphatic rings. The van der Waals surface area contributed by atoms with Crippen molar-refractivity contribution in [3.8, 4) is 11.1 Å². The molecule has 0 spiro atoms. The minimum Gasteiger partial charge on any atom is -0.456 e. The predicted molar refractivity (Wildman–Crippen MR) is 127 cm³/mol. The first-order chi connectivity index (χ1) is 14.6. The molecule has 0 aliphatic heterocycles. The first kappa shape index (κ1) is 17.2. The average Bonchev–Trinajstić information content (AvgIpc) is 3.28. The molecule has 6 aromatic rings. The molecule has 0 atom stereocenters. The molecule has 6 rings (SSSR count). The molecule has 0 aliphatic carbocycles. The maximum Gasteiger partial charge on any atom is 0.135 e. The third kappa shape index (κ3) is 2.38. The van der Waals surface area contributed by atoms with E-state index in [-0.39, 0.29) is 0 Å². The zero-order chi connectivity index (χ0) is 20.4. The Balaban J connectivity index is 1.57. The van der Waals surface area contributed by atoms with Gasteiger partial charge in [-0.2, -0.15) is 0 Å². The molecule has 2 aromatic heterocycles. The smallest absolute Gasteiger partial charge is 0.135 e. The van der Waals surface area contributed by atoms with Crippen LogP contribution >= 0.6 is 0 Å². The molecule has 3 nitrogen and oxygen atoms in total. The van der Waals surface area contributed by atoms with E-state index in [4.69, 9.17) is 4.42 Å². The molecule has 0 saturated carbocycles. The summed E-state index contributed by atoms with van der Waals surface area (Å²) >= 11 is 0. The Morgan fingerprint density at radius 1 is 0.633 bits per heavy atom. The van der Waals surface area contributed by atoms with Crippen LogP contribution in [0.2, 0.25) is 0 Å². The number of nitrogens with zero attached hydrogens (tertiary/aromatic N) is 2. The van der Waals surface area contributed by atoms with Gasteiger partial charge in [0.2, 0.25) is 0 Å². The highest BCUT2D eigenvalue weighted by Crippen LogP contribution is 2.36. The second-order valence-corrected chi connectivity index (χ2v) is 8.20. The highest BCUT2D eigenvalue weighted by molar-refractivity contribution is 6.11. The van der Waals surface area contributed by atoms with Crippen molar-refractivity contribution in [2.24, 2.45) is 7.05 Å². The highest BCUT2D eigenvalue weighted by atomic mass is 16.3. The Morgan fingerprint density at radius 3 is 2.20 bits per heavy atom. The van der Waals surface area contributed by atoms with Crippen LogP contribution in [0.4, 0.5) is 5.69 Å². The number of hydrogen-bond acceptors (Lipinski definition) is 2. The van der Waals surface area contributed by atoms with E-state index in [1.165, 1.54) is 38.6 Å². The van der Waals surface area contributed by atoms with Crippen LogP contribution in [0.1, 0.15) is 0 Å². The van der Waals surface area contributed by atoms with Gasteiger partial charge in [-0.3, -0.25) is 0 Å². The van der Waals surface area contributed by atoms with E-state index in [9.17, 15) is 0 Å². The second-order valence-electron chi connectivity index (χ2n) is 8.20. The standard InChI is InChI=1S/C27H22N2O/c1-28(2)19-10-11-20-22-14-17(8-12-24(22)29(3)25(20)16-19)18-9-13-27-23(15-18)21-6-4-5-7-26(21)30-27/h4-16H,1-3H3. The van der Waals surface area contributed by atoms with Crippen molar-refractivity contribution >= 4 is 49.4 Å². The summed E-state index contributed by atoms with van der Waals surface area (Å²) in [7, 11) is 6.31. The van der Waals surface area contributed by atoms with Crippen LogP contribution in [0.3, 0.4) is 0 Å². The molecule has 2 heterocycles. The van der Waals surface area contributed by atoms with Gasteiger partial charge in [-0.05, 0) is 53.6 Å². The predicted octanol–water partition coefficient (Wildman–Crippen LogP) is 6.96. The normalized spacial score (nSPS) is 11.8. The van der Waals surface area contributed by atoms with Gasteiger partial charge >= 0.3 is 0 Å². The van der Waals surface area contributed by atoms with E-state index in [2.05, 4.69) is 97.3 Å². The molecule has 0 unspecified atom stereocenters. The molecule has 0 fully saturated rings. The number of fused-ring (bicyclic) bond motifs is 6. The Bertz CT molecular complexity index is 1580. The van der Waals surface area contributed by atoms with Gasteiger partial charge in [0.05, 0.1) is 5.52 Å². The number of benzene rings is 4. The molecule has 0 radical (unpaired) electrons. The molecule has 0 amide bonds. The van der Waals surface area contributed by atoms with Crippen LogP contribution in [-0.4, -0.2) is 18.7 Å². The SMILES string of the molecule is CN(C)c1ccc2c3cc(-c4ccc5oc6ccccc6c5c4)ccc3n(C)c2c1. The Labute approximate surface area is 174 Å². The third-order valence-corrected chi connectivity index (χ3v) is 6.22. The van der Waals surface area contributed by atoms with Crippen LogP contribution in [0.25, 0.3) is 54.9 Å². The lowest BCUT2D eigenvalue weighted by molar-refractivity contribution is 0.669. The van der Waals surface area contributed by atoms with Gasteiger partial charge in [-0.15, -0.1) is 0 Å². The molecular formula is C27H22N2O. The summed E-state index contributed by atoms with van der Waals surface area (Å²) in [5.74, 6) is 0. The van der Waals surface area contributed by atoms with Crippen LogP contribution in [0.5, 0.6) is 0 Å². The molecule has 0 bridgehead atoms. The third-order valence-electron chi connectivity index (χ3n) is 6.22. The lowest BCUT2D eigenvalue weighted by Crippen LogP contribution is -2.08.